The summed E-state index contributed by atoms with van der Waals surface area (Å²) in [7, 11) is 0. The van der Waals surface area contributed by atoms with Gasteiger partial charge in [-0.25, -0.2) is 14.6 Å². The maximum Gasteiger partial charge on any atom is 0.166 e. The van der Waals surface area contributed by atoms with Crippen molar-refractivity contribution >= 4 is 16.9 Å². The quantitative estimate of drug-likeness (QED) is 0.731. The van der Waals surface area contributed by atoms with Gasteiger partial charge in [0.15, 0.2) is 11.9 Å². The Bertz CT molecular complexity index is 659. The van der Waals surface area contributed by atoms with Crippen molar-refractivity contribution in [3.05, 3.63) is 12.0 Å². The minimum absolute atomic E-state index is 0.226. The van der Waals surface area contributed by atoms with Gasteiger partial charge in [0.25, 0.3) is 0 Å². The Hall–Kier alpha value is -1.77. The Morgan fingerprint density at radius 1 is 1.45 bits per heavy atom. The lowest BCUT2D eigenvalue weighted by Gasteiger charge is -2.12. The number of anilines is 1. The lowest BCUT2D eigenvalue weighted by atomic mass is 10.1. The van der Waals surface area contributed by atoms with Crippen molar-refractivity contribution in [3.63, 3.8) is 0 Å². The Morgan fingerprint density at radius 3 is 2.95 bits per heavy atom. The Labute approximate surface area is 127 Å². The summed E-state index contributed by atoms with van der Waals surface area (Å²) in [6.45, 7) is 1.89. The average Bonchev–Trinajstić information content (AvgIpc) is 3.06. The first kappa shape index (κ1) is 15.1. The van der Waals surface area contributed by atoms with Gasteiger partial charge in [-0.05, 0) is 12.8 Å². The second-order valence-electron chi connectivity index (χ2n) is 5.57. The lowest BCUT2D eigenvalue weighted by molar-refractivity contribution is -0.0471. The summed E-state index contributed by atoms with van der Waals surface area (Å²) in [5.41, 5.74) is 7.44. The molecule has 1 aliphatic heterocycles. The predicted octanol–water partition coefficient (Wildman–Crippen LogP) is 0.392. The first-order chi connectivity index (χ1) is 10.7. The molecular formula is C14H21N5O3. The number of ether oxygens (including phenoxy) is 1. The standard InChI is InChI=1S/C14H21N5O3/c1-2-3-4-8-12-13(15)16-7-17-14(12)19(18-8)11-5-9(21)10(6-20)22-11/h7,9-11,20-21H,2-6H2,1H3,(H2,15,16,17). The fraction of sp³-hybridized carbons (Fsp3) is 0.643. The van der Waals surface area contributed by atoms with E-state index in [9.17, 15) is 10.2 Å². The third kappa shape index (κ3) is 2.53. The smallest absolute Gasteiger partial charge is 0.166 e. The SMILES string of the molecule is CCCCc1nn(C2CC(O)C(CO)O2)c2ncnc(N)c12. The van der Waals surface area contributed by atoms with Crippen molar-refractivity contribution in [3.8, 4) is 0 Å². The van der Waals surface area contributed by atoms with E-state index in [4.69, 9.17) is 10.5 Å². The van der Waals surface area contributed by atoms with E-state index in [1.807, 2.05) is 0 Å². The van der Waals surface area contributed by atoms with Crippen LogP contribution in [0, 0.1) is 0 Å². The molecule has 3 rings (SSSR count). The zero-order valence-corrected chi connectivity index (χ0v) is 12.5. The zero-order chi connectivity index (χ0) is 15.7. The third-order valence-corrected chi connectivity index (χ3v) is 4.01. The molecule has 22 heavy (non-hydrogen) atoms. The molecule has 0 spiro atoms. The minimum Gasteiger partial charge on any atom is -0.394 e. The van der Waals surface area contributed by atoms with Gasteiger partial charge in [0.1, 0.15) is 18.2 Å². The summed E-state index contributed by atoms with van der Waals surface area (Å²) in [6, 6.07) is 0. The molecule has 3 atom stereocenters. The number of aliphatic hydroxyl groups is 2. The van der Waals surface area contributed by atoms with Gasteiger partial charge in [0, 0.05) is 6.42 Å². The van der Waals surface area contributed by atoms with Crippen LogP contribution in [0.3, 0.4) is 0 Å². The second kappa shape index (κ2) is 6.15. The molecule has 1 fully saturated rings. The molecule has 2 aromatic heterocycles. The predicted molar refractivity (Wildman–Crippen MR) is 80.0 cm³/mol. The fourth-order valence-corrected chi connectivity index (χ4v) is 2.82. The summed E-state index contributed by atoms with van der Waals surface area (Å²) in [4.78, 5) is 8.32. The van der Waals surface area contributed by atoms with Crippen molar-refractivity contribution in [2.75, 3.05) is 12.3 Å². The van der Waals surface area contributed by atoms with Gasteiger partial charge in [0.05, 0.1) is 23.8 Å². The summed E-state index contributed by atoms with van der Waals surface area (Å²) >= 11 is 0. The zero-order valence-electron chi connectivity index (χ0n) is 12.5. The van der Waals surface area contributed by atoms with E-state index in [0.717, 1.165) is 30.3 Å². The van der Waals surface area contributed by atoms with Crippen LogP contribution in [-0.4, -0.2) is 48.8 Å². The van der Waals surface area contributed by atoms with Gasteiger partial charge in [-0.3, -0.25) is 0 Å². The number of nitrogens with two attached hydrogens (primary N) is 1. The van der Waals surface area contributed by atoms with Crippen LogP contribution in [0.1, 0.15) is 38.1 Å². The minimum atomic E-state index is -0.715. The van der Waals surface area contributed by atoms with E-state index in [2.05, 4.69) is 22.0 Å². The Morgan fingerprint density at radius 2 is 2.27 bits per heavy atom. The van der Waals surface area contributed by atoms with Gasteiger partial charge >= 0.3 is 0 Å². The van der Waals surface area contributed by atoms with Crippen LogP contribution >= 0.6 is 0 Å². The highest BCUT2D eigenvalue weighted by Crippen LogP contribution is 2.32. The molecule has 0 radical (unpaired) electrons. The molecule has 0 aliphatic carbocycles. The summed E-state index contributed by atoms with van der Waals surface area (Å²) < 4.78 is 7.32. The summed E-state index contributed by atoms with van der Waals surface area (Å²) in [6.07, 6.45) is 2.82. The van der Waals surface area contributed by atoms with E-state index >= 15 is 0 Å². The molecule has 0 aromatic carbocycles. The van der Waals surface area contributed by atoms with Crippen LogP contribution in [0.25, 0.3) is 11.0 Å². The van der Waals surface area contributed by atoms with E-state index < -0.39 is 18.4 Å². The number of fused-ring (bicyclic) bond motifs is 1. The van der Waals surface area contributed by atoms with Gasteiger partial charge in [-0.2, -0.15) is 5.10 Å². The first-order valence-corrected chi connectivity index (χ1v) is 7.57. The Kier molecular flexibility index (Phi) is 4.23. The number of aliphatic hydroxyl groups excluding tert-OH is 2. The van der Waals surface area contributed by atoms with Crippen molar-refractivity contribution in [2.45, 2.75) is 51.0 Å². The number of rotatable bonds is 5. The molecule has 0 saturated carbocycles. The van der Waals surface area contributed by atoms with Gasteiger partial charge in [0.2, 0.25) is 0 Å². The van der Waals surface area contributed by atoms with Crippen LogP contribution in [0.15, 0.2) is 6.33 Å². The molecule has 120 valence electrons. The molecule has 8 nitrogen and oxygen atoms in total. The third-order valence-electron chi connectivity index (χ3n) is 4.01. The van der Waals surface area contributed by atoms with Crippen molar-refractivity contribution in [1.82, 2.24) is 19.7 Å². The molecule has 0 amide bonds. The number of unbranched alkanes of at least 4 members (excludes halogenated alkanes) is 1. The van der Waals surface area contributed by atoms with Crippen LogP contribution in [0.4, 0.5) is 5.82 Å². The number of aryl methyl sites for hydroxylation is 1. The highest BCUT2D eigenvalue weighted by atomic mass is 16.5. The molecule has 0 bridgehead atoms. The van der Waals surface area contributed by atoms with Crippen molar-refractivity contribution in [2.24, 2.45) is 0 Å². The summed E-state index contributed by atoms with van der Waals surface area (Å²) in [5, 5.41) is 24.5. The Balaban J connectivity index is 2.01. The largest absolute Gasteiger partial charge is 0.394 e. The van der Waals surface area contributed by atoms with Gasteiger partial charge in [-0.15, -0.1) is 0 Å². The van der Waals surface area contributed by atoms with Gasteiger partial charge < -0.3 is 20.7 Å². The topological polar surface area (TPSA) is 119 Å². The molecule has 2 aromatic rings. The molecule has 1 aliphatic rings. The molecule has 3 heterocycles. The van der Waals surface area contributed by atoms with E-state index in [-0.39, 0.29) is 6.61 Å². The number of hydrogen-bond acceptors (Lipinski definition) is 7. The maximum atomic E-state index is 9.91. The van der Waals surface area contributed by atoms with Crippen LogP contribution in [-0.2, 0) is 11.2 Å². The maximum absolute atomic E-state index is 9.91. The van der Waals surface area contributed by atoms with E-state index in [1.165, 1.54) is 6.33 Å². The van der Waals surface area contributed by atoms with Crippen LogP contribution < -0.4 is 5.73 Å². The monoisotopic (exact) mass is 307 g/mol. The van der Waals surface area contributed by atoms with Crippen molar-refractivity contribution < 1.29 is 14.9 Å². The highest BCUT2D eigenvalue weighted by Gasteiger charge is 2.36. The number of nitrogen functional groups attached to an aromatic ring is 1. The fourth-order valence-electron chi connectivity index (χ4n) is 2.82. The van der Waals surface area contributed by atoms with Crippen molar-refractivity contribution in [1.29, 1.82) is 0 Å². The highest BCUT2D eigenvalue weighted by molar-refractivity contribution is 5.88. The van der Waals surface area contributed by atoms with Crippen LogP contribution in [0.5, 0.6) is 0 Å². The number of nitrogens with zero attached hydrogens (tertiary/aromatic N) is 4. The number of hydrogen-bond donors (Lipinski definition) is 3. The molecule has 4 N–H and O–H groups in total. The summed E-state index contributed by atoms with van der Waals surface area (Å²) in [5.74, 6) is 0.402. The average molecular weight is 307 g/mol. The molecule has 8 heteroatoms. The normalized spacial score (nSPS) is 25.1. The number of aromatic nitrogens is 4. The second-order valence-corrected chi connectivity index (χ2v) is 5.57. The van der Waals surface area contributed by atoms with Gasteiger partial charge in [-0.1, -0.05) is 13.3 Å². The van der Waals surface area contributed by atoms with E-state index in [0.29, 0.717) is 17.9 Å². The van der Waals surface area contributed by atoms with Crippen LogP contribution in [0.2, 0.25) is 0 Å². The molecule has 1 saturated heterocycles. The molecular weight excluding hydrogens is 286 g/mol. The lowest BCUT2D eigenvalue weighted by Crippen LogP contribution is -2.24. The first-order valence-electron chi connectivity index (χ1n) is 7.57. The van der Waals surface area contributed by atoms with E-state index in [1.54, 1.807) is 4.68 Å². The molecule has 3 unspecified atom stereocenters.